The maximum atomic E-state index is 12.1. The fraction of sp³-hybridized carbons (Fsp3) is 0.727. The molecule has 102 valence electrons. The van der Waals surface area contributed by atoms with Crippen LogP contribution in [-0.2, 0) is 16.6 Å². The van der Waals surface area contributed by atoms with Crippen LogP contribution in [0.2, 0.25) is 0 Å². The molecule has 7 heteroatoms. The number of hydrogen-bond acceptors (Lipinski definition) is 4. The molecule has 1 aromatic heterocycles. The van der Waals surface area contributed by atoms with Gasteiger partial charge in [-0.05, 0) is 19.3 Å². The van der Waals surface area contributed by atoms with Crippen molar-refractivity contribution in [2.45, 2.75) is 44.2 Å². The number of aryl methyl sites for hydroxylation is 1. The van der Waals surface area contributed by atoms with E-state index in [0.29, 0.717) is 23.7 Å². The predicted octanol–water partition coefficient (Wildman–Crippen LogP) is 0.645. The first-order chi connectivity index (χ1) is 8.54. The molecular weight excluding hydrogens is 252 g/mol. The van der Waals surface area contributed by atoms with Gasteiger partial charge in [0.25, 0.3) is 10.0 Å². The Morgan fingerprint density at radius 2 is 2.22 bits per heavy atom. The highest BCUT2D eigenvalue weighted by atomic mass is 32.2. The van der Waals surface area contributed by atoms with Crippen molar-refractivity contribution >= 4 is 10.0 Å². The van der Waals surface area contributed by atoms with Gasteiger partial charge in [-0.15, -0.1) is 0 Å². The van der Waals surface area contributed by atoms with Gasteiger partial charge in [0.15, 0.2) is 5.03 Å². The van der Waals surface area contributed by atoms with E-state index in [9.17, 15) is 8.42 Å². The van der Waals surface area contributed by atoms with Gasteiger partial charge in [0.2, 0.25) is 0 Å². The largest absolute Gasteiger partial charge is 0.326 e. The van der Waals surface area contributed by atoms with Gasteiger partial charge < -0.3 is 5.73 Å². The molecule has 1 aliphatic rings. The lowest BCUT2D eigenvalue weighted by Gasteiger charge is -2.24. The monoisotopic (exact) mass is 272 g/mol. The molecule has 6 nitrogen and oxygen atoms in total. The smallest absolute Gasteiger partial charge is 0.260 e. The third-order valence-corrected chi connectivity index (χ3v) is 4.99. The molecule has 4 N–H and O–H groups in total. The quantitative estimate of drug-likeness (QED) is 0.707. The number of nitrogens with one attached hydrogen (secondary N) is 2. The second-order valence-corrected chi connectivity index (χ2v) is 6.50. The van der Waals surface area contributed by atoms with Gasteiger partial charge in [-0.25, -0.2) is 13.1 Å². The number of aromatic nitrogens is 2. The molecule has 0 spiro atoms. The van der Waals surface area contributed by atoms with Crippen molar-refractivity contribution in [3.05, 3.63) is 11.3 Å². The zero-order chi connectivity index (χ0) is 13.2. The lowest BCUT2D eigenvalue weighted by atomic mass is 9.83. The molecule has 0 unspecified atom stereocenters. The van der Waals surface area contributed by atoms with Crippen LogP contribution in [-0.4, -0.2) is 25.2 Å². The Kier molecular flexibility index (Phi) is 4.04. The van der Waals surface area contributed by atoms with Crippen LogP contribution in [0.4, 0.5) is 0 Å². The molecule has 2 rings (SSSR count). The van der Waals surface area contributed by atoms with Gasteiger partial charge in [-0.3, -0.25) is 5.10 Å². The lowest BCUT2D eigenvalue weighted by Crippen LogP contribution is -2.28. The minimum absolute atomic E-state index is 0.0381. The number of hydrogen-bond donors (Lipinski definition) is 3. The van der Waals surface area contributed by atoms with Crippen molar-refractivity contribution < 1.29 is 8.42 Å². The predicted molar refractivity (Wildman–Crippen MR) is 68.4 cm³/mol. The van der Waals surface area contributed by atoms with Crippen molar-refractivity contribution in [2.75, 3.05) is 6.54 Å². The molecule has 0 aliphatic heterocycles. The highest BCUT2D eigenvalue weighted by molar-refractivity contribution is 7.89. The topological polar surface area (TPSA) is 101 Å². The van der Waals surface area contributed by atoms with Crippen molar-refractivity contribution in [1.29, 1.82) is 0 Å². The van der Waals surface area contributed by atoms with E-state index < -0.39 is 10.0 Å². The third kappa shape index (κ3) is 2.73. The lowest BCUT2D eigenvalue weighted by molar-refractivity contribution is 0.297. The van der Waals surface area contributed by atoms with Gasteiger partial charge in [0.1, 0.15) is 0 Å². The molecule has 0 atom stereocenters. The molecule has 0 radical (unpaired) electrons. The Balaban J connectivity index is 2.00. The first-order valence-electron chi connectivity index (χ1n) is 6.28. The molecule has 1 aromatic rings. The fourth-order valence-corrected chi connectivity index (χ4v) is 3.39. The molecule has 18 heavy (non-hydrogen) atoms. The average molecular weight is 272 g/mol. The Morgan fingerprint density at radius 1 is 1.50 bits per heavy atom. The van der Waals surface area contributed by atoms with Gasteiger partial charge in [0.05, 0.1) is 0 Å². The maximum absolute atomic E-state index is 12.1. The normalized spacial score (nSPS) is 16.8. The van der Waals surface area contributed by atoms with Crippen LogP contribution < -0.4 is 10.5 Å². The molecule has 0 saturated heterocycles. The maximum Gasteiger partial charge on any atom is 0.260 e. The molecule has 1 saturated carbocycles. The van der Waals surface area contributed by atoms with Crippen LogP contribution in [0.1, 0.15) is 36.9 Å². The van der Waals surface area contributed by atoms with Gasteiger partial charge in [-0.2, -0.15) is 5.10 Å². The SMILES string of the molecule is Cc1[nH]nc(S(=O)(=O)NCCC2CCC2)c1CN. The second-order valence-electron chi connectivity index (χ2n) is 4.82. The Hall–Kier alpha value is -0.920. The molecular formula is C11H20N4O2S. The zero-order valence-corrected chi connectivity index (χ0v) is 11.4. The average Bonchev–Trinajstić information content (AvgIpc) is 2.64. The molecule has 0 bridgehead atoms. The van der Waals surface area contributed by atoms with Crippen LogP contribution in [0.15, 0.2) is 5.03 Å². The van der Waals surface area contributed by atoms with E-state index in [1.807, 2.05) is 0 Å². The third-order valence-electron chi connectivity index (χ3n) is 3.56. The summed E-state index contributed by atoms with van der Waals surface area (Å²) >= 11 is 0. The van der Waals surface area contributed by atoms with Crippen LogP contribution in [0.25, 0.3) is 0 Å². The van der Waals surface area contributed by atoms with Crippen molar-refractivity contribution in [1.82, 2.24) is 14.9 Å². The Morgan fingerprint density at radius 3 is 2.78 bits per heavy atom. The van der Waals surface area contributed by atoms with Crippen LogP contribution in [0.5, 0.6) is 0 Å². The number of aromatic amines is 1. The summed E-state index contributed by atoms with van der Waals surface area (Å²) in [6, 6.07) is 0. The van der Waals surface area contributed by atoms with E-state index >= 15 is 0 Å². The molecule has 1 heterocycles. The van der Waals surface area contributed by atoms with E-state index in [-0.39, 0.29) is 11.6 Å². The second kappa shape index (κ2) is 5.38. The summed E-state index contributed by atoms with van der Waals surface area (Å²) in [6.07, 6.45) is 4.61. The van der Waals surface area contributed by atoms with Crippen LogP contribution in [0, 0.1) is 12.8 Å². The number of nitrogens with zero attached hydrogens (tertiary/aromatic N) is 1. The van der Waals surface area contributed by atoms with Crippen molar-refractivity contribution in [3.63, 3.8) is 0 Å². The number of sulfonamides is 1. The van der Waals surface area contributed by atoms with E-state index in [0.717, 1.165) is 6.42 Å². The molecule has 0 amide bonds. The molecule has 0 aromatic carbocycles. The Bertz CT molecular complexity index is 505. The minimum atomic E-state index is -3.53. The summed E-state index contributed by atoms with van der Waals surface area (Å²) in [7, 11) is -3.53. The summed E-state index contributed by atoms with van der Waals surface area (Å²) in [6.45, 7) is 2.41. The summed E-state index contributed by atoms with van der Waals surface area (Å²) < 4.78 is 26.7. The standard InChI is InChI=1S/C11H20N4O2S/c1-8-10(7-12)11(15-14-8)18(16,17)13-6-5-9-3-2-4-9/h9,13H,2-7,12H2,1H3,(H,14,15). The number of H-pyrrole nitrogens is 1. The Labute approximate surface area is 107 Å². The molecule has 1 fully saturated rings. The van der Waals surface area contributed by atoms with Crippen molar-refractivity contribution in [3.8, 4) is 0 Å². The fourth-order valence-electron chi connectivity index (χ4n) is 2.14. The van der Waals surface area contributed by atoms with E-state index in [4.69, 9.17) is 5.73 Å². The molecule has 1 aliphatic carbocycles. The highest BCUT2D eigenvalue weighted by Gasteiger charge is 2.24. The summed E-state index contributed by atoms with van der Waals surface area (Å²) in [5.41, 5.74) is 6.81. The summed E-state index contributed by atoms with van der Waals surface area (Å²) in [4.78, 5) is 0. The first kappa shape index (κ1) is 13.5. The van der Waals surface area contributed by atoms with Gasteiger partial charge in [-0.1, -0.05) is 19.3 Å². The van der Waals surface area contributed by atoms with E-state index in [1.54, 1.807) is 6.92 Å². The highest BCUT2D eigenvalue weighted by Crippen LogP contribution is 2.28. The van der Waals surface area contributed by atoms with Gasteiger partial charge >= 0.3 is 0 Å². The van der Waals surface area contributed by atoms with Crippen molar-refractivity contribution in [2.24, 2.45) is 11.7 Å². The van der Waals surface area contributed by atoms with Crippen LogP contribution in [0.3, 0.4) is 0 Å². The van der Waals surface area contributed by atoms with Gasteiger partial charge in [0, 0.05) is 24.3 Å². The summed E-state index contributed by atoms with van der Waals surface area (Å²) in [5, 5.41) is 6.54. The zero-order valence-electron chi connectivity index (χ0n) is 10.6. The first-order valence-corrected chi connectivity index (χ1v) is 7.76. The van der Waals surface area contributed by atoms with E-state index in [1.165, 1.54) is 19.3 Å². The number of nitrogens with two attached hydrogens (primary N) is 1. The summed E-state index contributed by atoms with van der Waals surface area (Å²) in [5.74, 6) is 0.683. The van der Waals surface area contributed by atoms with Crippen LogP contribution >= 0.6 is 0 Å². The van der Waals surface area contributed by atoms with E-state index in [2.05, 4.69) is 14.9 Å². The minimum Gasteiger partial charge on any atom is -0.326 e. The number of rotatable bonds is 6.